The Labute approximate surface area is 88.8 Å². The van der Waals surface area contributed by atoms with E-state index in [1.807, 2.05) is 0 Å². The molecule has 0 aliphatic heterocycles. The number of anilines is 1. The van der Waals surface area contributed by atoms with E-state index in [-0.39, 0.29) is 17.9 Å². The monoisotopic (exact) mass is 261 g/mol. The highest BCUT2D eigenvalue weighted by molar-refractivity contribution is 9.10. The second-order valence-corrected chi connectivity index (χ2v) is 3.45. The fourth-order valence-corrected chi connectivity index (χ4v) is 1.22. The maximum atomic E-state index is 11.8. The van der Waals surface area contributed by atoms with E-state index in [1.54, 1.807) is 0 Å². The smallest absolute Gasteiger partial charge is 0.255 e. The first kappa shape index (κ1) is 10.9. The average molecular weight is 262 g/mol. The number of aromatic nitrogens is 1. The van der Waals surface area contributed by atoms with E-state index in [4.69, 9.17) is 5.73 Å². The van der Waals surface area contributed by atoms with E-state index in [1.165, 1.54) is 12.3 Å². The van der Waals surface area contributed by atoms with Gasteiger partial charge in [-0.3, -0.25) is 4.79 Å². The molecule has 0 saturated heterocycles. The van der Waals surface area contributed by atoms with Crippen LogP contribution in [0.15, 0.2) is 16.7 Å². The van der Waals surface area contributed by atoms with Gasteiger partial charge in [-0.1, -0.05) is 0 Å². The summed E-state index contributed by atoms with van der Waals surface area (Å²) in [5.74, 6) is -0.293. The van der Waals surface area contributed by atoms with Crippen LogP contribution >= 0.6 is 15.9 Å². The lowest BCUT2D eigenvalue weighted by Gasteiger charge is -2.05. The van der Waals surface area contributed by atoms with E-state index in [9.17, 15) is 9.18 Å². The molecule has 1 aromatic rings. The van der Waals surface area contributed by atoms with Crippen molar-refractivity contribution in [2.45, 2.75) is 0 Å². The number of nitrogens with zero attached hydrogens (tertiary/aromatic N) is 1. The lowest BCUT2D eigenvalue weighted by molar-refractivity contribution is 0.0951. The zero-order valence-corrected chi connectivity index (χ0v) is 8.84. The van der Waals surface area contributed by atoms with Crippen LogP contribution in [-0.4, -0.2) is 24.1 Å². The quantitative estimate of drug-likeness (QED) is 0.857. The van der Waals surface area contributed by atoms with Gasteiger partial charge >= 0.3 is 0 Å². The molecule has 0 radical (unpaired) electrons. The molecular formula is C8H9BrFN3O. The molecule has 1 rings (SSSR count). The zero-order valence-electron chi connectivity index (χ0n) is 7.26. The number of hydrogen-bond donors (Lipinski definition) is 2. The van der Waals surface area contributed by atoms with Gasteiger partial charge in [-0.15, -0.1) is 0 Å². The molecule has 0 aromatic carbocycles. The Bertz CT molecular complexity index is 345. The standard InChI is InChI=1S/C8H9BrFN3O/c9-5-3-6(7(11)13-4-5)8(14)12-2-1-10/h3-4H,1-2H2,(H2,11,13)(H,12,14). The second kappa shape index (κ2) is 4.90. The van der Waals surface area contributed by atoms with Crippen LogP contribution in [0.4, 0.5) is 10.2 Å². The maximum absolute atomic E-state index is 11.8. The number of nitrogens with one attached hydrogen (secondary N) is 1. The molecule has 0 spiro atoms. The summed E-state index contributed by atoms with van der Waals surface area (Å²) in [6, 6.07) is 1.54. The van der Waals surface area contributed by atoms with Gasteiger partial charge in [0.25, 0.3) is 5.91 Å². The first-order valence-corrected chi connectivity index (χ1v) is 4.69. The van der Waals surface area contributed by atoms with Crippen LogP contribution in [0, 0.1) is 0 Å². The normalized spacial score (nSPS) is 9.86. The molecule has 76 valence electrons. The van der Waals surface area contributed by atoms with Crippen molar-refractivity contribution in [2.75, 3.05) is 19.0 Å². The lowest BCUT2D eigenvalue weighted by Crippen LogP contribution is -2.26. The largest absolute Gasteiger partial charge is 0.383 e. The van der Waals surface area contributed by atoms with Gasteiger partial charge in [0.1, 0.15) is 12.5 Å². The predicted molar refractivity (Wildman–Crippen MR) is 54.7 cm³/mol. The molecule has 0 atom stereocenters. The van der Waals surface area contributed by atoms with Gasteiger partial charge in [0.05, 0.1) is 5.56 Å². The summed E-state index contributed by atoms with van der Waals surface area (Å²) < 4.78 is 12.4. The molecule has 3 N–H and O–H groups in total. The van der Waals surface area contributed by atoms with E-state index in [0.29, 0.717) is 4.47 Å². The van der Waals surface area contributed by atoms with Crippen LogP contribution in [0.1, 0.15) is 10.4 Å². The third kappa shape index (κ3) is 2.66. The summed E-state index contributed by atoms with van der Waals surface area (Å²) >= 11 is 3.16. The highest BCUT2D eigenvalue weighted by Gasteiger charge is 2.10. The summed E-state index contributed by atoms with van der Waals surface area (Å²) in [6.45, 7) is -0.627. The molecule has 1 heterocycles. The minimum absolute atomic E-state index is 0.0230. The summed E-state index contributed by atoms with van der Waals surface area (Å²) in [7, 11) is 0. The fraction of sp³-hybridized carbons (Fsp3) is 0.250. The van der Waals surface area contributed by atoms with Gasteiger partial charge in [-0.05, 0) is 22.0 Å². The van der Waals surface area contributed by atoms with Crippen molar-refractivity contribution in [3.63, 3.8) is 0 Å². The van der Waals surface area contributed by atoms with Crippen LogP contribution in [-0.2, 0) is 0 Å². The topological polar surface area (TPSA) is 68.0 Å². The molecule has 0 aliphatic carbocycles. The number of halogens is 2. The molecular weight excluding hydrogens is 253 g/mol. The van der Waals surface area contributed by atoms with Crippen LogP contribution in [0.25, 0.3) is 0 Å². The van der Waals surface area contributed by atoms with Crippen LogP contribution in [0.2, 0.25) is 0 Å². The lowest BCUT2D eigenvalue weighted by atomic mass is 10.2. The van der Waals surface area contributed by atoms with Gasteiger partial charge < -0.3 is 11.1 Å². The molecule has 0 bridgehead atoms. The van der Waals surface area contributed by atoms with Gasteiger partial charge in [0.2, 0.25) is 0 Å². The molecule has 0 aliphatic rings. The van der Waals surface area contributed by atoms with Crippen molar-refractivity contribution < 1.29 is 9.18 Å². The molecule has 1 aromatic heterocycles. The minimum atomic E-state index is -0.604. The van der Waals surface area contributed by atoms with Crippen LogP contribution in [0.3, 0.4) is 0 Å². The molecule has 14 heavy (non-hydrogen) atoms. The molecule has 0 saturated carbocycles. The number of nitrogen functional groups attached to an aromatic ring is 1. The number of carbonyl (C=O) groups is 1. The highest BCUT2D eigenvalue weighted by Crippen LogP contribution is 2.14. The van der Waals surface area contributed by atoms with Crippen molar-refractivity contribution >= 4 is 27.7 Å². The van der Waals surface area contributed by atoms with Gasteiger partial charge in [-0.25, -0.2) is 9.37 Å². The molecule has 0 fully saturated rings. The van der Waals surface area contributed by atoms with E-state index in [0.717, 1.165) is 0 Å². The Morgan fingerprint density at radius 3 is 3.07 bits per heavy atom. The number of rotatable bonds is 3. The van der Waals surface area contributed by atoms with Crippen LogP contribution < -0.4 is 11.1 Å². The van der Waals surface area contributed by atoms with Crippen LogP contribution in [0.5, 0.6) is 0 Å². The Morgan fingerprint density at radius 2 is 2.43 bits per heavy atom. The van der Waals surface area contributed by atoms with E-state index >= 15 is 0 Å². The number of nitrogens with two attached hydrogens (primary N) is 1. The van der Waals surface area contributed by atoms with Crippen molar-refractivity contribution in [1.82, 2.24) is 10.3 Å². The summed E-state index contributed by atoms with van der Waals surface area (Å²) in [5.41, 5.74) is 5.72. The predicted octanol–water partition coefficient (Wildman–Crippen LogP) is 1.13. The number of amides is 1. The Balaban J connectivity index is 2.83. The summed E-state index contributed by atoms with van der Waals surface area (Å²) in [4.78, 5) is 15.1. The molecule has 4 nitrogen and oxygen atoms in total. The van der Waals surface area contributed by atoms with Gasteiger partial charge in [-0.2, -0.15) is 0 Å². The van der Waals surface area contributed by atoms with Crippen molar-refractivity contribution in [3.05, 3.63) is 22.3 Å². The van der Waals surface area contributed by atoms with Crippen molar-refractivity contribution in [2.24, 2.45) is 0 Å². The number of alkyl halides is 1. The van der Waals surface area contributed by atoms with Crippen molar-refractivity contribution in [1.29, 1.82) is 0 Å². The Morgan fingerprint density at radius 1 is 1.71 bits per heavy atom. The Hall–Kier alpha value is -1.17. The third-order valence-electron chi connectivity index (χ3n) is 1.51. The third-order valence-corrected chi connectivity index (χ3v) is 1.94. The fourth-order valence-electron chi connectivity index (χ4n) is 0.888. The van der Waals surface area contributed by atoms with Gasteiger partial charge in [0.15, 0.2) is 0 Å². The first-order valence-electron chi connectivity index (χ1n) is 3.90. The molecule has 1 amide bonds. The first-order chi connectivity index (χ1) is 6.65. The number of pyridine rings is 1. The molecule has 6 heteroatoms. The molecule has 0 unspecified atom stereocenters. The Kier molecular flexibility index (Phi) is 3.82. The number of carbonyl (C=O) groups excluding carboxylic acids is 1. The maximum Gasteiger partial charge on any atom is 0.255 e. The minimum Gasteiger partial charge on any atom is -0.383 e. The van der Waals surface area contributed by atoms with Gasteiger partial charge in [0, 0.05) is 17.2 Å². The SMILES string of the molecule is Nc1ncc(Br)cc1C(=O)NCCF. The van der Waals surface area contributed by atoms with Crippen molar-refractivity contribution in [3.8, 4) is 0 Å². The highest BCUT2D eigenvalue weighted by atomic mass is 79.9. The summed E-state index contributed by atoms with van der Waals surface area (Å²) in [5, 5.41) is 2.36. The zero-order chi connectivity index (χ0) is 10.6. The van der Waals surface area contributed by atoms with E-state index in [2.05, 4.69) is 26.2 Å². The number of hydrogen-bond acceptors (Lipinski definition) is 3. The summed E-state index contributed by atoms with van der Waals surface area (Å²) in [6.07, 6.45) is 1.49. The van der Waals surface area contributed by atoms with E-state index < -0.39 is 12.6 Å². The average Bonchev–Trinajstić information content (AvgIpc) is 2.18. The second-order valence-electron chi connectivity index (χ2n) is 2.53.